The van der Waals surface area contributed by atoms with Gasteiger partial charge in [-0.1, -0.05) is 23.7 Å². The van der Waals surface area contributed by atoms with E-state index in [9.17, 15) is 4.79 Å². The molecule has 3 heterocycles. The summed E-state index contributed by atoms with van der Waals surface area (Å²) >= 11 is 6.36. The highest BCUT2D eigenvalue weighted by Crippen LogP contribution is 2.24. The number of halogens is 1. The lowest BCUT2D eigenvalue weighted by molar-refractivity contribution is 0.241. The normalized spacial score (nSPS) is 14.2. The van der Waals surface area contributed by atoms with Crippen LogP contribution in [-0.4, -0.2) is 26.4 Å². The molecular weight excluding hydrogens is 348 g/mol. The van der Waals surface area contributed by atoms with E-state index >= 15 is 0 Å². The molecular formula is C20H19ClN4O. The second-order valence-electron chi connectivity index (χ2n) is 6.58. The first-order chi connectivity index (χ1) is 12.6. The van der Waals surface area contributed by atoms with Crippen molar-refractivity contribution in [1.29, 1.82) is 0 Å². The molecule has 0 saturated carbocycles. The average molecular weight is 367 g/mol. The molecule has 0 unspecified atom stereocenters. The van der Waals surface area contributed by atoms with Crippen LogP contribution in [0.2, 0.25) is 5.02 Å². The fourth-order valence-electron chi connectivity index (χ4n) is 3.35. The molecule has 132 valence electrons. The fourth-order valence-corrected chi connectivity index (χ4v) is 3.63. The van der Waals surface area contributed by atoms with Crippen LogP contribution in [0, 0.1) is 6.92 Å². The highest BCUT2D eigenvalue weighted by atomic mass is 35.5. The van der Waals surface area contributed by atoms with Crippen molar-refractivity contribution in [1.82, 2.24) is 19.9 Å². The van der Waals surface area contributed by atoms with Crippen LogP contribution in [0.1, 0.15) is 22.4 Å². The SMILES string of the molecule is Cc1cccc(Cl)c1CN1CCc2nc(-c3cccnc3)[nH]c(=O)c2C1. The van der Waals surface area contributed by atoms with Gasteiger partial charge in [0.2, 0.25) is 0 Å². The first-order valence-corrected chi connectivity index (χ1v) is 8.98. The number of benzene rings is 1. The van der Waals surface area contributed by atoms with Gasteiger partial charge < -0.3 is 4.98 Å². The van der Waals surface area contributed by atoms with Crippen molar-refractivity contribution in [2.75, 3.05) is 6.54 Å². The van der Waals surface area contributed by atoms with Gasteiger partial charge >= 0.3 is 0 Å². The number of aryl methyl sites for hydroxylation is 1. The lowest BCUT2D eigenvalue weighted by Gasteiger charge is -2.28. The van der Waals surface area contributed by atoms with E-state index in [-0.39, 0.29) is 5.56 Å². The molecule has 6 heteroatoms. The number of aromatic nitrogens is 3. The van der Waals surface area contributed by atoms with Crippen LogP contribution in [0.25, 0.3) is 11.4 Å². The van der Waals surface area contributed by atoms with Gasteiger partial charge in [0.05, 0.1) is 11.3 Å². The number of aromatic amines is 1. The molecule has 1 aromatic carbocycles. The molecule has 1 aliphatic rings. The molecule has 0 aliphatic carbocycles. The number of hydrogen-bond acceptors (Lipinski definition) is 4. The van der Waals surface area contributed by atoms with E-state index in [1.54, 1.807) is 12.4 Å². The minimum atomic E-state index is -0.0746. The zero-order valence-electron chi connectivity index (χ0n) is 14.5. The fraction of sp³-hybridized carbons (Fsp3) is 0.250. The molecule has 1 N–H and O–H groups in total. The topological polar surface area (TPSA) is 61.9 Å². The van der Waals surface area contributed by atoms with Crippen LogP contribution in [0.15, 0.2) is 47.5 Å². The summed E-state index contributed by atoms with van der Waals surface area (Å²) in [6.07, 6.45) is 4.16. The third-order valence-electron chi connectivity index (χ3n) is 4.82. The van der Waals surface area contributed by atoms with Crippen molar-refractivity contribution in [2.24, 2.45) is 0 Å². The predicted octanol–water partition coefficient (Wildman–Crippen LogP) is 3.35. The molecule has 0 atom stereocenters. The number of nitrogens with one attached hydrogen (secondary N) is 1. The van der Waals surface area contributed by atoms with E-state index in [1.165, 1.54) is 5.56 Å². The Labute approximate surface area is 156 Å². The average Bonchev–Trinajstić information content (AvgIpc) is 2.66. The van der Waals surface area contributed by atoms with Crippen molar-refractivity contribution in [3.8, 4) is 11.4 Å². The van der Waals surface area contributed by atoms with E-state index < -0.39 is 0 Å². The molecule has 3 aromatic rings. The smallest absolute Gasteiger partial charge is 0.255 e. The molecule has 0 spiro atoms. The second kappa shape index (κ2) is 7.02. The van der Waals surface area contributed by atoms with E-state index in [0.29, 0.717) is 12.4 Å². The van der Waals surface area contributed by atoms with Crippen LogP contribution in [-0.2, 0) is 19.5 Å². The number of nitrogens with zero attached hydrogens (tertiary/aromatic N) is 3. The monoisotopic (exact) mass is 366 g/mol. The van der Waals surface area contributed by atoms with Crippen LogP contribution in [0.5, 0.6) is 0 Å². The first-order valence-electron chi connectivity index (χ1n) is 8.60. The maximum atomic E-state index is 12.6. The Morgan fingerprint density at radius 1 is 1.27 bits per heavy atom. The molecule has 5 nitrogen and oxygen atoms in total. The third kappa shape index (κ3) is 3.28. The largest absolute Gasteiger partial charge is 0.306 e. The zero-order valence-corrected chi connectivity index (χ0v) is 15.3. The van der Waals surface area contributed by atoms with Crippen molar-refractivity contribution in [2.45, 2.75) is 26.4 Å². The number of H-pyrrole nitrogens is 1. The summed E-state index contributed by atoms with van der Waals surface area (Å²) in [5.41, 5.74) is 4.65. The van der Waals surface area contributed by atoms with Crippen molar-refractivity contribution < 1.29 is 0 Å². The van der Waals surface area contributed by atoms with Gasteiger partial charge in [-0.15, -0.1) is 0 Å². The van der Waals surface area contributed by atoms with E-state index in [2.05, 4.69) is 32.8 Å². The van der Waals surface area contributed by atoms with Gasteiger partial charge in [0, 0.05) is 49.0 Å². The molecule has 0 amide bonds. The Morgan fingerprint density at radius 2 is 2.15 bits per heavy atom. The summed E-state index contributed by atoms with van der Waals surface area (Å²) in [5, 5.41) is 0.773. The standard InChI is InChI=1S/C20H19ClN4O/c1-13-4-2-6-17(21)15(13)11-25-9-7-18-16(12-25)20(26)24-19(23-18)14-5-3-8-22-10-14/h2-6,8,10H,7,9,11-12H2,1H3,(H,23,24,26). The highest BCUT2D eigenvalue weighted by Gasteiger charge is 2.22. The van der Waals surface area contributed by atoms with Gasteiger partial charge in [0.25, 0.3) is 5.56 Å². The van der Waals surface area contributed by atoms with Crippen LogP contribution < -0.4 is 5.56 Å². The Morgan fingerprint density at radius 3 is 2.92 bits per heavy atom. The van der Waals surface area contributed by atoms with Crippen LogP contribution in [0.3, 0.4) is 0 Å². The van der Waals surface area contributed by atoms with Crippen molar-refractivity contribution in [3.63, 3.8) is 0 Å². The van der Waals surface area contributed by atoms with Crippen LogP contribution >= 0.6 is 11.6 Å². The summed E-state index contributed by atoms with van der Waals surface area (Å²) in [7, 11) is 0. The molecule has 0 saturated heterocycles. The molecule has 26 heavy (non-hydrogen) atoms. The van der Waals surface area contributed by atoms with Gasteiger partial charge in [0.15, 0.2) is 0 Å². The molecule has 0 bridgehead atoms. The molecule has 1 aliphatic heterocycles. The van der Waals surface area contributed by atoms with Gasteiger partial charge in [-0.3, -0.25) is 14.7 Å². The summed E-state index contributed by atoms with van der Waals surface area (Å²) in [6.45, 7) is 4.22. The number of pyridine rings is 1. The minimum absolute atomic E-state index is 0.0746. The van der Waals surface area contributed by atoms with Gasteiger partial charge in [-0.05, 0) is 36.2 Å². The first kappa shape index (κ1) is 16.9. The zero-order chi connectivity index (χ0) is 18.1. The maximum absolute atomic E-state index is 12.6. The Balaban J connectivity index is 1.61. The summed E-state index contributed by atoms with van der Waals surface area (Å²) in [6, 6.07) is 9.67. The lowest BCUT2D eigenvalue weighted by atomic mass is 10.0. The molecule has 2 aromatic heterocycles. The number of fused-ring (bicyclic) bond motifs is 1. The van der Waals surface area contributed by atoms with Gasteiger partial charge in [-0.2, -0.15) is 0 Å². The van der Waals surface area contributed by atoms with Gasteiger partial charge in [-0.25, -0.2) is 4.98 Å². The minimum Gasteiger partial charge on any atom is -0.306 e. The second-order valence-corrected chi connectivity index (χ2v) is 6.98. The lowest BCUT2D eigenvalue weighted by Crippen LogP contribution is -2.35. The summed E-state index contributed by atoms with van der Waals surface area (Å²) in [4.78, 5) is 26.5. The Hall–Kier alpha value is -2.50. The van der Waals surface area contributed by atoms with Gasteiger partial charge in [0.1, 0.15) is 5.82 Å². The summed E-state index contributed by atoms with van der Waals surface area (Å²) < 4.78 is 0. The van der Waals surface area contributed by atoms with Crippen molar-refractivity contribution >= 4 is 11.6 Å². The quantitative estimate of drug-likeness (QED) is 0.772. The molecule has 4 rings (SSSR count). The number of rotatable bonds is 3. The summed E-state index contributed by atoms with van der Waals surface area (Å²) in [5.74, 6) is 0.581. The molecule has 0 radical (unpaired) electrons. The van der Waals surface area contributed by atoms with Crippen molar-refractivity contribution in [3.05, 3.63) is 80.5 Å². The van der Waals surface area contributed by atoms with E-state index in [0.717, 1.165) is 46.9 Å². The number of hydrogen-bond donors (Lipinski definition) is 1. The van der Waals surface area contributed by atoms with Crippen LogP contribution in [0.4, 0.5) is 0 Å². The predicted molar refractivity (Wildman–Crippen MR) is 102 cm³/mol. The maximum Gasteiger partial charge on any atom is 0.255 e. The van der Waals surface area contributed by atoms with E-state index in [1.807, 2.05) is 24.3 Å². The highest BCUT2D eigenvalue weighted by molar-refractivity contribution is 6.31. The Kier molecular flexibility index (Phi) is 4.57. The molecule has 0 fully saturated rings. The third-order valence-corrected chi connectivity index (χ3v) is 5.17. The Bertz CT molecular complexity index is 980. The van der Waals surface area contributed by atoms with E-state index in [4.69, 9.17) is 11.6 Å².